The molecule has 0 saturated heterocycles. The Balaban J connectivity index is 2.25. The number of phenols is 1. The molecule has 3 aromatic rings. The lowest BCUT2D eigenvalue weighted by Crippen LogP contribution is -1.90. The standard InChI is InChI=1S/C13H12N4O2/c1-17-5-8(14)4-10(17)13-15-9-3-2-7(6-18)12(19)11(9)16-13/h2-6,19H,14H2,1H3,(H,15,16). The van der Waals surface area contributed by atoms with Crippen molar-refractivity contribution in [3.05, 3.63) is 30.0 Å². The molecule has 19 heavy (non-hydrogen) atoms. The van der Waals surface area contributed by atoms with E-state index in [4.69, 9.17) is 5.73 Å². The van der Waals surface area contributed by atoms with Crippen LogP contribution in [0.15, 0.2) is 24.4 Å². The number of rotatable bonds is 2. The van der Waals surface area contributed by atoms with E-state index < -0.39 is 0 Å². The topological polar surface area (TPSA) is 96.9 Å². The van der Waals surface area contributed by atoms with E-state index in [1.54, 1.807) is 24.4 Å². The van der Waals surface area contributed by atoms with Crippen LogP contribution in [0.5, 0.6) is 5.75 Å². The van der Waals surface area contributed by atoms with Gasteiger partial charge in [0.1, 0.15) is 5.52 Å². The number of carbonyl (C=O) groups is 1. The van der Waals surface area contributed by atoms with E-state index >= 15 is 0 Å². The summed E-state index contributed by atoms with van der Waals surface area (Å²) in [5.41, 5.74) is 8.43. The lowest BCUT2D eigenvalue weighted by atomic mass is 10.2. The number of imidazole rings is 1. The van der Waals surface area contributed by atoms with Crippen LogP contribution in [0.2, 0.25) is 0 Å². The number of hydrogen-bond acceptors (Lipinski definition) is 4. The minimum absolute atomic E-state index is 0.114. The number of H-pyrrole nitrogens is 1. The second-order valence-electron chi connectivity index (χ2n) is 4.37. The van der Waals surface area contributed by atoms with Crippen LogP contribution in [0.25, 0.3) is 22.6 Å². The highest BCUT2D eigenvalue weighted by Crippen LogP contribution is 2.29. The second-order valence-corrected chi connectivity index (χ2v) is 4.37. The number of aromatic hydroxyl groups is 1. The Bertz CT molecular complexity index is 785. The maximum Gasteiger partial charge on any atom is 0.155 e. The number of nitrogen functional groups attached to an aromatic ring is 1. The van der Waals surface area contributed by atoms with Crippen LogP contribution in [0.3, 0.4) is 0 Å². The van der Waals surface area contributed by atoms with Gasteiger partial charge in [-0.25, -0.2) is 4.98 Å². The fourth-order valence-electron chi connectivity index (χ4n) is 2.12. The summed E-state index contributed by atoms with van der Waals surface area (Å²) < 4.78 is 1.84. The molecule has 0 aliphatic rings. The molecule has 4 N–H and O–H groups in total. The number of nitrogens with zero attached hydrogens (tertiary/aromatic N) is 2. The van der Waals surface area contributed by atoms with Crippen molar-refractivity contribution in [2.24, 2.45) is 7.05 Å². The van der Waals surface area contributed by atoms with Gasteiger partial charge in [0, 0.05) is 13.2 Å². The molecule has 6 nitrogen and oxygen atoms in total. The minimum Gasteiger partial charge on any atom is -0.505 e. The number of anilines is 1. The Morgan fingerprint density at radius 2 is 2.26 bits per heavy atom. The molecule has 0 radical (unpaired) electrons. The third kappa shape index (κ3) is 1.65. The van der Waals surface area contributed by atoms with Gasteiger partial charge in [-0.2, -0.15) is 0 Å². The lowest BCUT2D eigenvalue weighted by molar-refractivity contribution is 0.112. The summed E-state index contributed by atoms with van der Waals surface area (Å²) in [7, 11) is 1.86. The highest BCUT2D eigenvalue weighted by Gasteiger charge is 2.13. The quantitative estimate of drug-likeness (QED) is 0.607. The fourth-order valence-corrected chi connectivity index (χ4v) is 2.12. The number of carbonyl (C=O) groups excluding carboxylic acids is 1. The average Bonchev–Trinajstić information content (AvgIpc) is 2.93. The first kappa shape index (κ1) is 11.3. The van der Waals surface area contributed by atoms with Crippen molar-refractivity contribution in [1.29, 1.82) is 0 Å². The summed E-state index contributed by atoms with van der Waals surface area (Å²) in [6, 6.07) is 5.04. The zero-order chi connectivity index (χ0) is 13.6. The summed E-state index contributed by atoms with van der Waals surface area (Å²) in [4.78, 5) is 18.2. The summed E-state index contributed by atoms with van der Waals surface area (Å²) in [5, 5.41) is 9.94. The van der Waals surface area contributed by atoms with Crippen LogP contribution in [0, 0.1) is 0 Å². The molecule has 0 aliphatic heterocycles. The van der Waals surface area contributed by atoms with Crippen LogP contribution in [-0.2, 0) is 7.05 Å². The summed E-state index contributed by atoms with van der Waals surface area (Å²) >= 11 is 0. The van der Waals surface area contributed by atoms with E-state index in [2.05, 4.69) is 9.97 Å². The van der Waals surface area contributed by atoms with Gasteiger partial charge in [0.05, 0.1) is 22.5 Å². The molecule has 0 fully saturated rings. The monoisotopic (exact) mass is 256 g/mol. The predicted octanol–water partition coefficient (Wildman–Crippen LogP) is 1.67. The Labute approximate surface area is 108 Å². The molecule has 0 atom stereocenters. The maximum absolute atomic E-state index is 10.8. The van der Waals surface area contributed by atoms with Gasteiger partial charge in [0.2, 0.25) is 0 Å². The van der Waals surface area contributed by atoms with Gasteiger partial charge in [-0.15, -0.1) is 0 Å². The van der Waals surface area contributed by atoms with E-state index in [-0.39, 0.29) is 11.3 Å². The van der Waals surface area contributed by atoms with Crippen molar-refractivity contribution in [3.63, 3.8) is 0 Å². The normalized spacial score (nSPS) is 11.0. The first-order chi connectivity index (χ1) is 9.10. The third-order valence-corrected chi connectivity index (χ3v) is 3.05. The molecule has 0 amide bonds. The van der Waals surface area contributed by atoms with Crippen LogP contribution in [0.1, 0.15) is 10.4 Å². The van der Waals surface area contributed by atoms with Crippen LogP contribution in [0.4, 0.5) is 5.69 Å². The van der Waals surface area contributed by atoms with Gasteiger partial charge in [0.25, 0.3) is 0 Å². The van der Waals surface area contributed by atoms with Gasteiger partial charge in [0.15, 0.2) is 17.9 Å². The molecule has 0 saturated carbocycles. The van der Waals surface area contributed by atoms with Crippen molar-refractivity contribution in [2.75, 3.05) is 5.73 Å². The molecule has 0 bridgehead atoms. The van der Waals surface area contributed by atoms with Crippen LogP contribution >= 0.6 is 0 Å². The molecular weight excluding hydrogens is 244 g/mol. The van der Waals surface area contributed by atoms with Gasteiger partial charge in [-0.1, -0.05) is 0 Å². The third-order valence-electron chi connectivity index (χ3n) is 3.05. The summed E-state index contributed by atoms with van der Waals surface area (Å²) in [5.74, 6) is 0.477. The molecule has 1 aromatic carbocycles. The molecule has 6 heteroatoms. The average molecular weight is 256 g/mol. The zero-order valence-electron chi connectivity index (χ0n) is 10.2. The number of aryl methyl sites for hydroxylation is 1. The van der Waals surface area contributed by atoms with Crippen molar-refractivity contribution in [1.82, 2.24) is 14.5 Å². The number of aldehydes is 1. The Morgan fingerprint density at radius 3 is 2.89 bits per heavy atom. The number of nitrogens with one attached hydrogen (secondary N) is 1. The molecule has 0 spiro atoms. The smallest absolute Gasteiger partial charge is 0.155 e. The number of hydrogen-bond donors (Lipinski definition) is 3. The van der Waals surface area contributed by atoms with Crippen molar-refractivity contribution in [3.8, 4) is 17.3 Å². The molecule has 3 rings (SSSR count). The summed E-state index contributed by atoms with van der Waals surface area (Å²) in [6.07, 6.45) is 2.38. The van der Waals surface area contributed by atoms with Gasteiger partial charge in [-0.05, 0) is 18.2 Å². The molecule has 96 valence electrons. The number of phenolic OH excluding ortho intramolecular Hbond substituents is 1. The number of aromatic nitrogens is 3. The molecule has 0 aliphatic carbocycles. The molecule has 2 heterocycles. The van der Waals surface area contributed by atoms with Gasteiger partial charge >= 0.3 is 0 Å². The van der Waals surface area contributed by atoms with E-state index in [9.17, 15) is 9.90 Å². The number of benzene rings is 1. The van der Waals surface area contributed by atoms with E-state index in [0.717, 1.165) is 5.69 Å². The highest BCUT2D eigenvalue weighted by atomic mass is 16.3. The maximum atomic E-state index is 10.8. The molecule has 0 unspecified atom stereocenters. The first-order valence-corrected chi connectivity index (χ1v) is 5.69. The number of fused-ring (bicyclic) bond motifs is 1. The minimum atomic E-state index is -0.114. The predicted molar refractivity (Wildman–Crippen MR) is 72.0 cm³/mol. The largest absolute Gasteiger partial charge is 0.505 e. The van der Waals surface area contributed by atoms with Crippen molar-refractivity contribution in [2.45, 2.75) is 0 Å². The van der Waals surface area contributed by atoms with Crippen LogP contribution < -0.4 is 5.73 Å². The molecular formula is C13H12N4O2. The SMILES string of the molecule is Cn1cc(N)cc1-c1nc2c(O)c(C=O)ccc2[nH]1. The molecule has 2 aromatic heterocycles. The lowest BCUT2D eigenvalue weighted by Gasteiger charge is -1.97. The van der Waals surface area contributed by atoms with Crippen molar-refractivity contribution >= 4 is 23.0 Å². The van der Waals surface area contributed by atoms with E-state index in [0.29, 0.717) is 28.8 Å². The van der Waals surface area contributed by atoms with E-state index in [1.165, 1.54) is 0 Å². The van der Waals surface area contributed by atoms with E-state index in [1.807, 2.05) is 11.6 Å². The first-order valence-electron chi connectivity index (χ1n) is 5.69. The van der Waals surface area contributed by atoms with Crippen molar-refractivity contribution < 1.29 is 9.90 Å². The van der Waals surface area contributed by atoms with Gasteiger partial charge in [-0.3, -0.25) is 4.79 Å². The second kappa shape index (κ2) is 3.88. The fraction of sp³-hybridized carbons (Fsp3) is 0.0769. The highest BCUT2D eigenvalue weighted by molar-refractivity contribution is 5.93. The number of nitrogens with two attached hydrogens (primary N) is 1. The Morgan fingerprint density at radius 1 is 1.47 bits per heavy atom. The number of aromatic amines is 1. The zero-order valence-corrected chi connectivity index (χ0v) is 10.2. The van der Waals surface area contributed by atoms with Gasteiger partial charge < -0.3 is 20.4 Å². The van der Waals surface area contributed by atoms with Crippen LogP contribution in [-0.4, -0.2) is 25.9 Å². The summed E-state index contributed by atoms with van der Waals surface area (Å²) in [6.45, 7) is 0. The Hall–Kier alpha value is -2.76. The Kier molecular flexibility index (Phi) is 2.31.